The number of hydrogen-bond acceptors (Lipinski definition) is 9. The van der Waals surface area contributed by atoms with E-state index in [-0.39, 0.29) is 5.95 Å². The van der Waals surface area contributed by atoms with Crippen molar-refractivity contribution < 1.29 is 13.5 Å². The van der Waals surface area contributed by atoms with Gasteiger partial charge in [-0.15, -0.1) is 0 Å². The largest absolute Gasteiger partial charge is 0.457 e. The van der Waals surface area contributed by atoms with Gasteiger partial charge in [0.05, 0.1) is 12.2 Å². The number of benzene rings is 1. The molecule has 5 heterocycles. The molecule has 6 rings (SSSR count). The van der Waals surface area contributed by atoms with Crippen molar-refractivity contribution in [1.82, 2.24) is 34.5 Å². The fourth-order valence-electron chi connectivity index (χ4n) is 3.96. The number of halogens is 2. The van der Waals surface area contributed by atoms with Crippen LogP contribution in [0.3, 0.4) is 0 Å². The zero-order chi connectivity index (χ0) is 23.9. The number of nitrogens with one attached hydrogen (secondary N) is 1. The molecule has 1 aliphatic heterocycles. The van der Waals surface area contributed by atoms with Crippen LogP contribution >= 0.6 is 0 Å². The number of ether oxygens (including phenoxy) is 1. The summed E-state index contributed by atoms with van der Waals surface area (Å²) in [4.78, 5) is 22.9. The maximum Gasteiger partial charge on any atom is 0.258 e. The van der Waals surface area contributed by atoms with Gasteiger partial charge in [0.25, 0.3) is 6.43 Å². The third-order valence-electron chi connectivity index (χ3n) is 5.90. The van der Waals surface area contributed by atoms with Gasteiger partial charge >= 0.3 is 0 Å². The molecule has 12 heteroatoms. The van der Waals surface area contributed by atoms with Gasteiger partial charge in [0.15, 0.2) is 11.5 Å². The first-order valence-corrected chi connectivity index (χ1v) is 10.9. The molecule has 1 saturated heterocycles. The van der Waals surface area contributed by atoms with E-state index in [4.69, 9.17) is 4.74 Å². The van der Waals surface area contributed by atoms with Crippen molar-refractivity contribution in [2.45, 2.75) is 25.8 Å². The molecule has 1 fully saturated rings. The van der Waals surface area contributed by atoms with Crippen molar-refractivity contribution in [3.63, 3.8) is 0 Å². The van der Waals surface area contributed by atoms with Crippen LogP contribution in [0, 0.1) is 6.92 Å². The summed E-state index contributed by atoms with van der Waals surface area (Å²) in [5.74, 6) is 2.04. The van der Waals surface area contributed by atoms with E-state index in [1.165, 1.54) is 23.8 Å². The van der Waals surface area contributed by atoms with Crippen molar-refractivity contribution in [3.8, 4) is 11.5 Å². The molecule has 1 N–H and O–H groups in total. The van der Waals surface area contributed by atoms with E-state index in [0.717, 1.165) is 11.3 Å². The van der Waals surface area contributed by atoms with E-state index in [9.17, 15) is 8.78 Å². The van der Waals surface area contributed by atoms with Gasteiger partial charge in [0.2, 0.25) is 5.95 Å². The van der Waals surface area contributed by atoms with Crippen LogP contribution in [0.4, 0.5) is 26.2 Å². The van der Waals surface area contributed by atoms with Gasteiger partial charge in [-0.1, -0.05) is 0 Å². The van der Waals surface area contributed by atoms with Crippen molar-refractivity contribution in [1.29, 1.82) is 0 Å². The van der Waals surface area contributed by atoms with E-state index in [1.807, 2.05) is 31.2 Å². The number of rotatable bonds is 6. The predicted octanol–water partition coefficient (Wildman–Crippen LogP) is 4.15. The Hall–Kier alpha value is -4.48. The normalized spacial score (nSPS) is 15.5. The van der Waals surface area contributed by atoms with Gasteiger partial charge in [-0.05, 0) is 43.2 Å². The molecular weight excluding hydrogens is 456 g/mol. The van der Waals surface area contributed by atoms with Gasteiger partial charge in [0, 0.05) is 24.5 Å². The standard InChI is InChI=1S/C23H19F2N9O/c1-13-8-14(2-3-18(13)35-15-4-7-34-19(9-15)28-12-30-34)31-22-20-16(27-11-29-22)10-26-23(32-20)33-6-5-17(33)21(24)25/h2-4,7-12,17,21H,5-6H2,1H3,(H,27,29,31)/t17-/m0/s1. The predicted molar refractivity (Wildman–Crippen MR) is 124 cm³/mol. The number of pyridine rings is 1. The minimum Gasteiger partial charge on any atom is -0.457 e. The first-order valence-electron chi connectivity index (χ1n) is 10.9. The summed E-state index contributed by atoms with van der Waals surface area (Å²) in [6, 6.07) is 8.38. The van der Waals surface area contributed by atoms with E-state index >= 15 is 0 Å². The smallest absolute Gasteiger partial charge is 0.258 e. The lowest BCUT2D eigenvalue weighted by Gasteiger charge is -2.40. The maximum absolute atomic E-state index is 13.2. The number of anilines is 3. The van der Waals surface area contributed by atoms with Crippen LogP contribution in [0.1, 0.15) is 12.0 Å². The molecule has 1 aromatic carbocycles. The van der Waals surface area contributed by atoms with E-state index in [1.54, 1.807) is 16.8 Å². The lowest BCUT2D eigenvalue weighted by atomic mass is 10.1. The van der Waals surface area contributed by atoms with Crippen molar-refractivity contribution in [3.05, 3.63) is 60.9 Å². The monoisotopic (exact) mass is 475 g/mol. The molecule has 0 amide bonds. The average molecular weight is 475 g/mol. The number of nitrogens with zero attached hydrogens (tertiary/aromatic N) is 8. The summed E-state index contributed by atoms with van der Waals surface area (Å²) in [6.45, 7) is 2.42. The highest BCUT2D eigenvalue weighted by Crippen LogP contribution is 2.31. The molecule has 0 spiro atoms. The van der Waals surface area contributed by atoms with E-state index in [0.29, 0.717) is 47.0 Å². The topological polar surface area (TPSA) is 106 Å². The Morgan fingerprint density at radius 3 is 2.80 bits per heavy atom. The quantitative estimate of drug-likeness (QED) is 0.388. The van der Waals surface area contributed by atoms with Crippen molar-refractivity contribution >= 4 is 34.1 Å². The lowest BCUT2D eigenvalue weighted by Crippen LogP contribution is -2.52. The van der Waals surface area contributed by atoms with Crippen LogP contribution in [0.15, 0.2) is 55.4 Å². The summed E-state index contributed by atoms with van der Waals surface area (Å²) in [7, 11) is 0. The molecule has 35 heavy (non-hydrogen) atoms. The fraction of sp³-hybridized carbons (Fsp3) is 0.217. The highest BCUT2D eigenvalue weighted by Gasteiger charge is 2.37. The highest BCUT2D eigenvalue weighted by atomic mass is 19.3. The van der Waals surface area contributed by atoms with Gasteiger partial charge in [0.1, 0.15) is 35.2 Å². The van der Waals surface area contributed by atoms with Crippen LogP contribution in [0.25, 0.3) is 16.7 Å². The number of aryl methyl sites for hydroxylation is 1. The molecule has 0 radical (unpaired) electrons. The van der Waals surface area contributed by atoms with Crippen molar-refractivity contribution in [2.24, 2.45) is 0 Å². The molecule has 5 aromatic rings. The SMILES string of the molecule is Cc1cc(Nc2ncnc3cnc(N4CC[C@H]4C(F)F)nc23)ccc1Oc1ccn2ncnc2c1. The third-order valence-corrected chi connectivity index (χ3v) is 5.90. The van der Waals surface area contributed by atoms with Crippen LogP contribution in [0.2, 0.25) is 0 Å². The van der Waals surface area contributed by atoms with Gasteiger partial charge < -0.3 is 15.0 Å². The second-order valence-electron chi connectivity index (χ2n) is 8.14. The molecule has 1 atom stereocenters. The Kier molecular flexibility index (Phi) is 5.05. The lowest BCUT2D eigenvalue weighted by molar-refractivity contribution is 0.0867. The Bertz CT molecular complexity index is 1540. The molecule has 0 bridgehead atoms. The fourth-order valence-corrected chi connectivity index (χ4v) is 3.96. The van der Waals surface area contributed by atoms with Crippen LogP contribution < -0.4 is 15.0 Å². The molecule has 4 aromatic heterocycles. The molecule has 0 unspecified atom stereocenters. The first kappa shape index (κ1) is 21.1. The van der Waals surface area contributed by atoms with Crippen molar-refractivity contribution in [2.75, 3.05) is 16.8 Å². The summed E-state index contributed by atoms with van der Waals surface area (Å²) in [6.07, 6.45) is 4.16. The van der Waals surface area contributed by atoms with Crippen LogP contribution in [-0.4, -0.2) is 53.5 Å². The molecule has 0 aliphatic carbocycles. The third kappa shape index (κ3) is 3.92. The number of hydrogen-bond donors (Lipinski definition) is 1. The number of fused-ring (bicyclic) bond motifs is 2. The number of aromatic nitrogens is 7. The molecule has 0 saturated carbocycles. The van der Waals surface area contributed by atoms with Crippen LogP contribution in [-0.2, 0) is 0 Å². The van der Waals surface area contributed by atoms with E-state index < -0.39 is 12.5 Å². The molecule has 176 valence electrons. The van der Waals surface area contributed by atoms with Crippen LogP contribution in [0.5, 0.6) is 11.5 Å². The molecule has 1 aliphatic rings. The molecule has 10 nitrogen and oxygen atoms in total. The average Bonchev–Trinajstić information content (AvgIpc) is 3.28. The minimum atomic E-state index is -2.45. The molecular formula is C23H19F2N9O. The van der Waals surface area contributed by atoms with Gasteiger partial charge in [-0.2, -0.15) is 5.10 Å². The first-order chi connectivity index (χ1) is 17.0. The zero-order valence-corrected chi connectivity index (χ0v) is 18.5. The maximum atomic E-state index is 13.2. The van der Waals surface area contributed by atoms with Gasteiger partial charge in [-0.25, -0.2) is 38.2 Å². The Morgan fingerprint density at radius 1 is 1.09 bits per heavy atom. The second kappa shape index (κ2) is 8.38. The Balaban J connectivity index is 1.25. The summed E-state index contributed by atoms with van der Waals surface area (Å²) in [5.41, 5.74) is 3.31. The summed E-state index contributed by atoms with van der Waals surface area (Å²) < 4.78 is 34.1. The Labute approximate surface area is 197 Å². The second-order valence-corrected chi connectivity index (χ2v) is 8.14. The Morgan fingerprint density at radius 2 is 2.00 bits per heavy atom. The summed E-state index contributed by atoms with van der Waals surface area (Å²) in [5, 5.41) is 7.33. The minimum absolute atomic E-state index is 0.247. The number of alkyl halides is 2. The van der Waals surface area contributed by atoms with E-state index in [2.05, 4.69) is 35.3 Å². The summed E-state index contributed by atoms with van der Waals surface area (Å²) >= 11 is 0. The zero-order valence-electron chi connectivity index (χ0n) is 18.5. The highest BCUT2D eigenvalue weighted by molar-refractivity contribution is 5.87. The van der Waals surface area contributed by atoms with Gasteiger partial charge in [-0.3, -0.25) is 0 Å².